The highest BCUT2D eigenvalue weighted by molar-refractivity contribution is 5.91. The average molecular weight is 367 g/mol. The van der Waals surface area contributed by atoms with Gasteiger partial charge in [-0.05, 0) is 30.9 Å². The van der Waals surface area contributed by atoms with Crippen LogP contribution >= 0.6 is 0 Å². The molecule has 1 atom stereocenters. The number of hydrogen-bond donors (Lipinski definition) is 1. The number of nitrogens with one attached hydrogen (secondary N) is 1. The van der Waals surface area contributed by atoms with Crippen molar-refractivity contribution in [3.05, 3.63) is 35.4 Å². The smallest absolute Gasteiger partial charge is 0.340 e. The van der Waals surface area contributed by atoms with Crippen LogP contribution in [0.2, 0.25) is 0 Å². The number of carbonyl (C=O) groups is 1. The van der Waals surface area contributed by atoms with Crippen LogP contribution in [0.4, 0.5) is 13.2 Å². The van der Waals surface area contributed by atoms with Crippen molar-refractivity contribution in [1.29, 1.82) is 0 Å². The highest BCUT2D eigenvalue weighted by Gasteiger charge is 2.54. The van der Waals surface area contributed by atoms with E-state index in [9.17, 15) is 18.0 Å². The fourth-order valence-electron chi connectivity index (χ4n) is 4.32. The molecule has 26 heavy (non-hydrogen) atoms. The van der Waals surface area contributed by atoms with Gasteiger partial charge >= 0.3 is 6.18 Å². The van der Waals surface area contributed by atoms with E-state index in [4.69, 9.17) is 0 Å². The van der Waals surface area contributed by atoms with E-state index in [0.717, 1.165) is 44.7 Å². The molecule has 0 aromatic heterocycles. The normalized spacial score (nSPS) is 26.1. The topological polar surface area (TPSA) is 35.6 Å². The molecule has 1 saturated carbocycles. The molecule has 2 saturated heterocycles. The minimum absolute atomic E-state index is 0.00876. The zero-order chi connectivity index (χ0) is 18.4. The van der Waals surface area contributed by atoms with Gasteiger partial charge in [-0.1, -0.05) is 18.2 Å². The molecule has 4 nitrogen and oxygen atoms in total. The van der Waals surface area contributed by atoms with Crippen LogP contribution in [-0.4, -0.2) is 61.0 Å². The molecule has 0 radical (unpaired) electrons. The Labute approximate surface area is 151 Å². The first kappa shape index (κ1) is 17.8. The van der Waals surface area contributed by atoms with Crippen molar-refractivity contribution in [2.24, 2.45) is 0 Å². The monoisotopic (exact) mass is 367 g/mol. The number of hydrogen-bond acceptors (Lipinski definition) is 3. The van der Waals surface area contributed by atoms with Gasteiger partial charge in [0.05, 0.1) is 11.0 Å². The Balaban J connectivity index is 1.48. The van der Waals surface area contributed by atoms with Crippen LogP contribution in [0.15, 0.2) is 24.3 Å². The van der Waals surface area contributed by atoms with Crippen LogP contribution in [0.1, 0.15) is 30.4 Å². The largest absolute Gasteiger partial charge is 0.416 e. The van der Waals surface area contributed by atoms with Gasteiger partial charge in [-0.3, -0.25) is 9.69 Å². The van der Waals surface area contributed by atoms with Crippen LogP contribution in [-0.2, 0) is 16.4 Å². The summed E-state index contributed by atoms with van der Waals surface area (Å²) < 4.78 is 39.1. The lowest BCUT2D eigenvalue weighted by Gasteiger charge is -2.33. The molecular formula is C19H24F3N3O. The standard InChI is InChI=1S/C19H24F3N3O/c20-19(21,22)15-3-1-2-14(12-15)18(5-6-18)17(26)25-9-4-16(13-25)24-10-7-23-8-11-24/h1-3,12,16,23H,4-11,13H2. The predicted octanol–water partition coefficient (Wildman–Crippen LogP) is 2.24. The van der Waals surface area contributed by atoms with E-state index < -0.39 is 17.2 Å². The molecule has 4 rings (SSSR count). The maximum absolute atomic E-state index is 13.1. The number of benzene rings is 1. The van der Waals surface area contributed by atoms with E-state index >= 15 is 0 Å². The number of nitrogens with zero attached hydrogens (tertiary/aromatic N) is 2. The van der Waals surface area contributed by atoms with Crippen LogP contribution in [0.5, 0.6) is 0 Å². The Hall–Kier alpha value is -1.60. The lowest BCUT2D eigenvalue weighted by molar-refractivity contribution is -0.138. The first-order valence-electron chi connectivity index (χ1n) is 9.32. The van der Waals surface area contributed by atoms with Crippen molar-refractivity contribution in [2.45, 2.75) is 36.9 Å². The maximum atomic E-state index is 13.1. The Morgan fingerprint density at radius 2 is 1.88 bits per heavy atom. The fraction of sp³-hybridized carbons (Fsp3) is 0.632. The molecule has 1 aromatic rings. The molecule has 3 fully saturated rings. The highest BCUT2D eigenvalue weighted by Crippen LogP contribution is 2.50. The van der Waals surface area contributed by atoms with Gasteiger partial charge in [0.15, 0.2) is 0 Å². The predicted molar refractivity (Wildman–Crippen MR) is 91.8 cm³/mol. The Morgan fingerprint density at radius 3 is 2.54 bits per heavy atom. The summed E-state index contributed by atoms with van der Waals surface area (Å²) in [6, 6.07) is 5.69. The third-order valence-corrected chi connectivity index (χ3v) is 6.02. The fourth-order valence-corrected chi connectivity index (χ4v) is 4.32. The van der Waals surface area contributed by atoms with Crippen molar-refractivity contribution >= 4 is 5.91 Å². The van der Waals surface area contributed by atoms with Crippen molar-refractivity contribution in [3.63, 3.8) is 0 Å². The molecule has 0 spiro atoms. The summed E-state index contributed by atoms with van der Waals surface area (Å²) in [6.45, 7) is 5.32. The Bertz CT molecular complexity index is 681. The maximum Gasteiger partial charge on any atom is 0.416 e. The van der Waals surface area contributed by atoms with Crippen molar-refractivity contribution in [2.75, 3.05) is 39.3 Å². The minimum atomic E-state index is -4.38. The summed E-state index contributed by atoms with van der Waals surface area (Å²) in [4.78, 5) is 17.4. The van der Waals surface area contributed by atoms with E-state index in [1.807, 2.05) is 4.90 Å². The molecule has 1 amide bonds. The molecular weight excluding hydrogens is 343 g/mol. The van der Waals surface area contributed by atoms with Crippen molar-refractivity contribution < 1.29 is 18.0 Å². The van der Waals surface area contributed by atoms with Crippen LogP contribution in [0, 0.1) is 0 Å². The number of rotatable bonds is 3. The summed E-state index contributed by atoms with van der Waals surface area (Å²) >= 11 is 0. The number of amides is 1. The second kappa shape index (κ2) is 6.53. The number of halogens is 3. The molecule has 1 aliphatic carbocycles. The summed E-state index contributed by atoms with van der Waals surface area (Å²) in [6.07, 6.45) is -2.15. The number of alkyl halides is 3. The lowest BCUT2D eigenvalue weighted by atomic mass is 9.92. The molecule has 0 bridgehead atoms. The average Bonchev–Trinajstić information content (AvgIpc) is 3.31. The van der Waals surface area contributed by atoms with Gasteiger partial charge in [0.1, 0.15) is 0 Å². The molecule has 1 N–H and O–H groups in total. The lowest BCUT2D eigenvalue weighted by Crippen LogP contribution is -2.49. The van der Waals surface area contributed by atoms with E-state index in [0.29, 0.717) is 37.5 Å². The van der Waals surface area contributed by atoms with Crippen LogP contribution in [0.25, 0.3) is 0 Å². The molecule has 1 aromatic carbocycles. The van der Waals surface area contributed by atoms with Gasteiger partial charge in [-0.15, -0.1) is 0 Å². The van der Waals surface area contributed by atoms with E-state index in [-0.39, 0.29) is 5.91 Å². The first-order chi connectivity index (χ1) is 12.4. The number of carbonyl (C=O) groups excluding carboxylic acids is 1. The summed E-state index contributed by atoms with van der Waals surface area (Å²) in [5.41, 5.74) is -0.892. The second-order valence-corrected chi connectivity index (χ2v) is 7.64. The highest BCUT2D eigenvalue weighted by atomic mass is 19.4. The number of piperazine rings is 1. The third-order valence-electron chi connectivity index (χ3n) is 6.02. The molecule has 142 valence electrons. The SMILES string of the molecule is O=C(N1CCC(N2CCNCC2)C1)C1(c2cccc(C(F)(F)F)c2)CC1. The molecule has 2 aliphatic heterocycles. The van der Waals surface area contributed by atoms with Gasteiger partial charge in [-0.25, -0.2) is 0 Å². The van der Waals surface area contributed by atoms with Gasteiger partial charge in [0, 0.05) is 45.3 Å². The summed E-state index contributed by atoms with van der Waals surface area (Å²) in [5.74, 6) is 0.00876. The second-order valence-electron chi connectivity index (χ2n) is 7.64. The van der Waals surface area contributed by atoms with Crippen molar-refractivity contribution in [3.8, 4) is 0 Å². The van der Waals surface area contributed by atoms with Crippen LogP contribution in [0.3, 0.4) is 0 Å². The Morgan fingerprint density at radius 1 is 1.15 bits per heavy atom. The van der Waals surface area contributed by atoms with Gasteiger partial charge < -0.3 is 10.2 Å². The quantitative estimate of drug-likeness (QED) is 0.890. The zero-order valence-electron chi connectivity index (χ0n) is 14.7. The van der Waals surface area contributed by atoms with Crippen LogP contribution < -0.4 is 5.32 Å². The van der Waals surface area contributed by atoms with Gasteiger partial charge in [0.25, 0.3) is 0 Å². The summed E-state index contributed by atoms with van der Waals surface area (Å²) in [7, 11) is 0. The minimum Gasteiger partial charge on any atom is -0.340 e. The van der Waals surface area contributed by atoms with Gasteiger partial charge in [-0.2, -0.15) is 13.2 Å². The van der Waals surface area contributed by atoms with E-state index in [2.05, 4.69) is 10.2 Å². The third kappa shape index (κ3) is 3.22. The van der Waals surface area contributed by atoms with Crippen molar-refractivity contribution in [1.82, 2.24) is 15.1 Å². The number of likely N-dealkylation sites (tertiary alicyclic amines) is 1. The molecule has 1 unspecified atom stereocenters. The Kier molecular flexibility index (Phi) is 4.47. The zero-order valence-corrected chi connectivity index (χ0v) is 14.7. The van der Waals surface area contributed by atoms with Gasteiger partial charge in [0.2, 0.25) is 5.91 Å². The first-order valence-corrected chi connectivity index (χ1v) is 9.32. The molecule has 3 aliphatic rings. The van der Waals surface area contributed by atoms with E-state index in [1.165, 1.54) is 6.07 Å². The summed E-state index contributed by atoms with van der Waals surface area (Å²) in [5, 5.41) is 3.33. The molecule has 2 heterocycles. The van der Waals surface area contributed by atoms with E-state index in [1.54, 1.807) is 6.07 Å². The molecule has 7 heteroatoms.